The van der Waals surface area contributed by atoms with Crippen molar-refractivity contribution in [1.29, 1.82) is 0 Å². The number of methoxy groups -OCH3 is 1. The number of rotatable bonds is 3. The van der Waals surface area contributed by atoms with Gasteiger partial charge >= 0.3 is 0 Å². The van der Waals surface area contributed by atoms with Crippen LogP contribution >= 0.6 is 0 Å². The van der Waals surface area contributed by atoms with Crippen LogP contribution in [-0.4, -0.2) is 28.1 Å². The highest BCUT2D eigenvalue weighted by atomic mass is 19.1. The molecule has 3 aliphatic rings. The van der Waals surface area contributed by atoms with E-state index in [4.69, 9.17) is 9.73 Å². The summed E-state index contributed by atoms with van der Waals surface area (Å²) in [6, 6.07) is 7.98. The number of nitrogens with one attached hydrogen (secondary N) is 1. The van der Waals surface area contributed by atoms with Gasteiger partial charge < -0.3 is 10.1 Å². The molecule has 0 amide bonds. The summed E-state index contributed by atoms with van der Waals surface area (Å²) in [4.78, 5) is 4.78. The van der Waals surface area contributed by atoms with Gasteiger partial charge in [0.2, 0.25) is 0 Å². The molecule has 1 atom stereocenters. The molecule has 1 aromatic heterocycles. The Kier molecular flexibility index (Phi) is 3.68. The van der Waals surface area contributed by atoms with Gasteiger partial charge in [0.25, 0.3) is 0 Å². The van der Waals surface area contributed by atoms with Crippen molar-refractivity contribution in [3.05, 3.63) is 52.9 Å². The van der Waals surface area contributed by atoms with Crippen molar-refractivity contribution in [3.8, 4) is 22.6 Å². The zero-order valence-corrected chi connectivity index (χ0v) is 18.0. The van der Waals surface area contributed by atoms with E-state index in [0.29, 0.717) is 34.4 Å². The van der Waals surface area contributed by atoms with Crippen molar-refractivity contribution in [2.75, 3.05) is 12.4 Å². The van der Waals surface area contributed by atoms with Gasteiger partial charge in [0.05, 0.1) is 24.4 Å². The normalized spacial score (nSPS) is 20.1. The first-order chi connectivity index (χ1) is 14.9. The van der Waals surface area contributed by atoms with Gasteiger partial charge in [-0.3, -0.25) is 9.56 Å². The summed E-state index contributed by atoms with van der Waals surface area (Å²) in [7, 11) is 1.63. The summed E-state index contributed by atoms with van der Waals surface area (Å²) >= 11 is 0. The van der Waals surface area contributed by atoms with E-state index in [1.54, 1.807) is 13.2 Å². The third kappa shape index (κ3) is 2.52. The van der Waals surface area contributed by atoms with E-state index in [1.807, 2.05) is 43.7 Å². The number of aryl methyl sites for hydroxylation is 1. The maximum atomic E-state index is 15.6. The molecule has 0 radical (unpaired) electrons. The molecule has 1 saturated carbocycles. The minimum Gasteiger partial charge on any atom is -0.494 e. The lowest BCUT2D eigenvalue weighted by molar-refractivity contribution is 0.409. The molecule has 31 heavy (non-hydrogen) atoms. The molecular formula is C24H24FN5O. The number of nitrogens with zero attached hydrogens (tertiary/aromatic N) is 4. The Labute approximate surface area is 180 Å². The van der Waals surface area contributed by atoms with Crippen molar-refractivity contribution < 1.29 is 9.13 Å². The van der Waals surface area contributed by atoms with Crippen LogP contribution in [0.4, 0.5) is 10.1 Å². The minimum absolute atomic E-state index is 0.220. The number of ether oxygens (including phenoxy) is 1. The molecule has 3 aromatic rings. The van der Waals surface area contributed by atoms with Gasteiger partial charge in [-0.1, -0.05) is 18.2 Å². The quantitative estimate of drug-likeness (QED) is 0.656. The lowest BCUT2D eigenvalue weighted by atomic mass is 9.91. The van der Waals surface area contributed by atoms with Crippen molar-refractivity contribution >= 4 is 11.9 Å². The van der Waals surface area contributed by atoms with Gasteiger partial charge in [-0.15, -0.1) is 10.2 Å². The number of benzene rings is 2. The molecule has 1 fully saturated rings. The molecule has 0 bridgehead atoms. The van der Waals surface area contributed by atoms with E-state index < -0.39 is 5.54 Å². The first-order valence-corrected chi connectivity index (χ1v) is 10.7. The molecule has 1 aliphatic carbocycles. The van der Waals surface area contributed by atoms with E-state index in [9.17, 15) is 0 Å². The third-order valence-electron chi connectivity index (χ3n) is 6.64. The highest BCUT2D eigenvalue weighted by Gasteiger charge is 2.39. The predicted octanol–water partition coefficient (Wildman–Crippen LogP) is 4.93. The second kappa shape index (κ2) is 6.15. The maximum absolute atomic E-state index is 15.6. The minimum atomic E-state index is -0.570. The fraction of sp³-hybridized carbons (Fsp3) is 0.375. The van der Waals surface area contributed by atoms with Crippen LogP contribution in [0.3, 0.4) is 0 Å². The monoisotopic (exact) mass is 417 g/mol. The van der Waals surface area contributed by atoms with Crippen molar-refractivity contribution in [1.82, 2.24) is 14.8 Å². The van der Waals surface area contributed by atoms with Crippen molar-refractivity contribution in [3.63, 3.8) is 0 Å². The molecule has 1 unspecified atom stereocenters. The molecule has 0 spiro atoms. The van der Waals surface area contributed by atoms with Crippen LogP contribution in [0.1, 0.15) is 55.5 Å². The van der Waals surface area contributed by atoms with Crippen molar-refractivity contribution in [2.24, 2.45) is 10.9 Å². The van der Waals surface area contributed by atoms with Gasteiger partial charge in [-0.05, 0) is 56.7 Å². The molecule has 3 heterocycles. The first kappa shape index (κ1) is 18.5. The summed E-state index contributed by atoms with van der Waals surface area (Å²) in [6.07, 6.45) is 4.39. The largest absolute Gasteiger partial charge is 0.494 e. The first-order valence-electron chi connectivity index (χ1n) is 10.7. The lowest BCUT2D eigenvalue weighted by Crippen LogP contribution is -2.36. The topological polar surface area (TPSA) is 64.3 Å². The Bertz CT molecular complexity index is 1270. The summed E-state index contributed by atoms with van der Waals surface area (Å²) in [5.41, 5.74) is 4.36. The molecule has 6 nitrogen and oxygen atoms in total. The van der Waals surface area contributed by atoms with Gasteiger partial charge in [-0.25, -0.2) is 4.39 Å². The van der Waals surface area contributed by atoms with E-state index in [2.05, 4.69) is 21.6 Å². The summed E-state index contributed by atoms with van der Waals surface area (Å²) < 4.78 is 23.4. The average molecular weight is 417 g/mol. The number of hydrogen-bond acceptors (Lipinski definition) is 5. The fourth-order valence-corrected chi connectivity index (χ4v) is 5.00. The summed E-state index contributed by atoms with van der Waals surface area (Å²) in [5, 5.41) is 11.9. The van der Waals surface area contributed by atoms with Gasteiger partial charge in [0, 0.05) is 17.3 Å². The Morgan fingerprint density at radius 2 is 2.00 bits per heavy atom. The molecule has 0 saturated heterocycles. The number of halogens is 1. The average Bonchev–Trinajstić information content (AvgIpc) is 3.36. The van der Waals surface area contributed by atoms with Crippen LogP contribution in [-0.2, 0) is 5.54 Å². The second-order valence-corrected chi connectivity index (χ2v) is 9.19. The van der Waals surface area contributed by atoms with E-state index in [0.717, 1.165) is 17.0 Å². The third-order valence-corrected chi connectivity index (χ3v) is 6.64. The van der Waals surface area contributed by atoms with Crippen LogP contribution in [0.25, 0.3) is 16.8 Å². The molecular weight excluding hydrogens is 393 g/mol. The maximum Gasteiger partial charge on any atom is 0.162 e. The summed E-state index contributed by atoms with van der Waals surface area (Å²) in [6.45, 7) is 5.81. The molecule has 2 aliphatic heterocycles. The highest BCUT2D eigenvalue weighted by Crippen LogP contribution is 2.51. The Morgan fingerprint density at radius 3 is 2.74 bits per heavy atom. The Hall–Kier alpha value is -3.22. The van der Waals surface area contributed by atoms with Gasteiger partial charge in [0.15, 0.2) is 11.6 Å². The van der Waals surface area contributed by atoms with E-state index >= 15 is 4.39 Å². The zero-order chi connectivity index (χ0) is 21.5. The van der Waals surface area contributed by atoms with Crippen LogP contribution in [0.2, 0.25) is 0 Å². The van der Waals surface area contributed by atoms with Gasteiger partial charge in [0.1, 0.15) is 17.3 Å². The number of aliphatic imine (C=N–C) groups is 1. The predicted molar refractivity (Wildman–Crippen MR) is 118 cm³/mol. The van der Waals surface area contributed by atoms with Gasteiger partial charge in [-0.2, -0.15) is 0 Å². The fourth-order valence-electron chi connectivity index (χ4n) is 5.00. The molecule has 2 aromatic carbocycles. The Morgan fingerprint density at radius 1 is 1.19 bits per heavy atom. The molecule has 1 N–H and O–H groups in total. The number of anilines is 1. The highest BCUT2D eigenvalue weighted by molar-refractivity contribution is 5.97. The molecule has 7 heteroatoms. The molecule has 6 rings (SSSR count). The van der Waals surface area contributed by atoms with Crippen LogP contribution < -0.4 is 10.1 Å². The second-order valence-electron chi connectivity index (χ2n) is 9.19. The van der Waals surface area contributed by atoms with Crippen LogP contribution in [0.15, 0.2) is 29.3 Å². The van der Waals surface area contributed by atoms with Crippen molar-refractivity contribution in [2.45, 2.75) is 45.2 Å². The molecule has 158 valence electrons. The standard InChI is InChI=1S/C24H24FN5O/c1-12-28-29-23-24(2,3)27-20-18(25)10-16(22(31-4)21(20)30(12)23)14-6-5-7-15-17(14)11-26-19(15)13-8-9-13/h5-7,10-11,13,19,27H,8-9H2,1-4H3. The SMILES string of the molecule is COc1c(-c2cccc3c2C=NC3C2CC2)cc(F)c2c1-n1c(C)nnc1C(C)(C)N2. The van der Waals surface area contributed by atoms with E-state index in [1.165, 1.54) is 18.4 Å². The number of aromatic nitrogens is 3. The smallest absolute Gasteiger partial charge is 0.162 e. The van der Waals surface area contributed by atoms with Crippen LogP contribution in [0.5, 0.6) is 5.75 Å². The Balaban J connectivity index is 1.62. The van der Waals surface area contributed by atoms with Crippen LogP contribution in [0, 0.1) is 18.7 Å². The lowest BCUT2D eigenvalue weighted by Gasteiger charge is -2.35. The van der Waals surface area contributed by atoms with E-state index in [-0.39, 0.29) is 11.9 Å². The number of hydrogen-bond donors (Lipinski definition) is 1. The summed E-state index contributed by atoms with van der Waals surface area (Å²) in [5.74, 6) is 2.31. The zero-order valence-electron chi connectivity index (χ0n) is 18.0. The number of fused-ring (bicyclic) bond motifs is 4.